The molecule has 1 N–H and O–H groups in total. The number of hydrogen-bond donors (Lipinski definition) is 1. The molecule has 1 fully saturated rings. The second kappa shape index (κ2) is 11.5. The molecule has 0 saturated carbocycles. The molecule has 0 aliphatic carbocycles. The molecular weight excluding hydrogens is 505 g/mol. The third-order valence-corrected chi connectivity index (χ3v) is 6.62. The summed E-state index contributed by atoms with van der Waals surface area (Å²) in [6.07, 6.45) is 5.59. The number of rotatable bonds is 6. The van der Waals surface area contributed by atoms with Gasteiger partial charge in [-0.15, -0.1) is 0 Å². The molecule has 6 rings (SSSR count). The Balaban J connectivity index is 0.00000308. The first-order valence-electron chi connectivity index (χ1n) is 12.3. The van der Waals surface area contributed by atoms with Crippen LogP contribution in [0.3, 0.4) is 0 Å². The maximum atomic E-state index is 11.6. The van der Waals surface area contributed by atoms with Gasteiger partial charge in [-0.2, -0.15) is 5.10 Å². The van der Waals surface area contributed by atoms with Crippen LogP contribution in [0.15, 0.2) is 66.9 Å². The third kappa shape index (κ3) is 5.26. The van der Waals surface area contributed by atoms with Crippen LogP contribution in [0.2, 0.25) is 0 Å². The molecule has 3 aromatic heterocycles. The molecule has 2 aromatic carbocycles. The summed E-state index contributed by atoms with van der Waals surface area (Å²) in [6, 6.07) is 18.5. The Labute approximate surface area is 247 Å². The average Bonchev–Trinajstić information content (AvgIpc) is 3.34. The van der Waals surface area contributed by atoms with Gasteiger partial charge in [0.1, 0.15) is 11.4 Å². The van der Waals surface area contributed by atoms with E-state index in [0.717, 1.165) is 47.1 Å². The Morgan fingerprint density at radius 3 is 2.64 bits per heavy atom. The van der Waals surface area contributed by atoms with E-state index in [2.05, 4.69) is 15.0 Å². The fraction of sp³-hybridized carbons (Fsp3) is 0.172. The van der Waals surface area contributed by atoms with Gasteiger partial charge < -0.3 is 19.5 Å². The molecule has 39 heavy (non-hydrogen) atoms. The van der Waals surface area contributed by atoms with Gasteiger partial charge in [-0.3, -0.25) is 0 Å². The predicted molar refractivity (Wildman–Crippen MR) is 153 cm³/mol. The quantitative estimate of drug-likeness (QED) is 0.328. The van der Waals surface area contributed by atoms with E-state index in [1.54, 1.807) is 31.5 Å². The van der Waals surface area contributed by atoms with E-state index in [1.807, 2.05) is 59.1 Å². The number of morpholine rings is 1. The summed E-state index contributed by atoms with van der Waals surface area (Å²) in [4.78, 5) is 23.5. The second-order valence-electron chi connectivity index (χ2n) is 8.88. The number of benzene rings is 2. The number of carboxylic acids is 1. The van der Waals surface area contributed by atoms with E-state index in [-0.39, 0.29) is 35.1 Å². The molecule has 0 bridgehead atoms. The molecule has 0 atom stereocenters. The molecule has 5 aromatic rings. The van der Waals surface area contributed by atoms with Crippen LogP contribution >= 0.6 is 0 Å². The number of fused-ring (bicyclic) bond motifs is 2. The van der Waals surface area contributed by atoms with Crippen molar-refractivity contribution in [2.24, 2.45) is 0 Å². The number of nitrogens with zero attached hydrogens (tertiary/aromatic N) is 5. The van der Waals surface area contributed by atoms with Crippen molar-refractivity contribution in [3.05, 3.63) is 83.8 Å². The predicted octanol–water partition coefficient (Wildman–Crippen LogP) is 4.01. The van der Waals surface area contributed by atoms with Crippen molar-refractivity contribution in [3.8, 4) is 17.0 Å². The fourth-order valence-electron chi connectivity index (χ4n) is 4.77. The van der Waals surface area contributed by atoms with Crippen LogP contribution in [0.4, 0.5) is 5.69 Å². The number of carbonyl (C=O) groups is 1. The molecule has 1 saturated heterocycles. The first-order chi connectivity index (χ1) is 18.6. The number of methoxy groups -OCH3 is 1. The summed E-state index contributed by atoms with van der Waals surface area (Å²) in [6.45, 7) is 2.90. The first kappa shape index (κ1) is 26.8. The molecule has 1 aliphatic heterocycles. The molecule has 0 radical (unpaired) electrons. The zero-order valence-corrected chi connectivity index (χ0v) is 20.7. The molecule has 0 amide bonds. The van der Waals surface area contributed by atoms with Gasteiger partial charge in [-0.25, -0.2) is 19.3 Å². The molecule has 9 nitrogen and oxygen atoms in total. The monoisotopic (exact) mass is 531 g/mol. The average molecular weight is 532 g/mol. The number of aromatic carboxylic acids is 1. The number of ether oxygens (including phenoxy) is 2. The van der Waals surface area contributed by atoms with Crippen LogP contribution < -0.4 is 9.64 Å². The Morgan fingerprint density at radius 1 is 1.03 bits per heavy atom. The zero-order chi connectivity index (χ0) is 26.1. The van der Waals surface area contributed by atoms with Gasteiger partial charge in [0.25, 0.3) is 0 Å². The molecule has 0 unspecified atom stereocenters. The zero-order valence-electron chi connectivity index (χ0n) is 20.7. The summed E-state index contributed by atoms with van der Waals surface area (Å²) >= 11 is 0. The number of imidazole rings is 1. The maximum absolute atomic E-state index is 11.6. The van der Waals surface area contributed by atoms with Gasteiger partial charge in [0.05, 0.1) is 54.7 Å². The van der Waals surface area contributed by atoms with Crippen molar-refractivity contribution in [1.82, 2.24) is 19.6 Å². The number of anilines is 1. The Morgan fingerprint density at radius 2 is 1.85 bits per heavy atom. The van der Waals surface area contributed by atoms with Crippen molar-refractivity contribution in [3.63, 3.8) is 0 Å². The number of aromatic nitrogens is 4. The summed E-state index contributed by atoms with van der Waals surface area (Å²) in [5, 5.41) is 14.7. The van der Waals surface area contributed by atoms with Crippen LogP contribution in [0, 0.1) is 0 Å². The van der Waals surface area contributed by atoms with Gasteiger partial charge in [-0.05, 0) is 54.6 Å². The van der Waals surface area contributed by atoms with Gasteiger partial charge in [0, 0.05) is 24.0 Å². The van der Waals surface area contributed by atoms with E-state index in [1.165, 1.54) is 0 Å². The minimum absolute atomic E-state index is 0. The Bertz CT molecular complexity index is 1690. The van der Waals surface area contributed by atoms with Crippen LogP contribution in [0.1, 0.15) is 21.7 Å². The molecule has 1 aliphatic rings. The van der Waals surface area contributed by atoms with E-state index in [4.69, 9.17) is 14.5 Å². The van der Waals surface area contributed by atoms with Gasteiger partial charge in [0.2, 0.25) is 0 Å². The van der Waals surface area contributed by atoms with Crippen LogP contribution in [0.5, 0.6) is 5.75 Å². The minimum atomic E-state index is -0.975. The van der Waals surface area contributed by atoms with E-state index in [0.29, 0.717) is 29.8 Å². The van der Waals surface area contributed by atoms with Gasteiger partial charge in [0.15, 0.2) is 5.65 Å². The fourth-order valence-corrected chi connectivity index (χ4v) is 4.77. The molecule has 0 spiro atoms. The summed E-state index contributed by atoms with van der Waals surface area (Å²) in [5.74, 6) is -0.237. The van der Waals surface area contributed by atoms with Crippen molar-refractivity contribution < 1.29 is 19.4 Å². The second-order valence-corrected chi connectivity index (χ2v) is 8.88. The number of carboxylic acid groups (broad SMARTS) is 1. The van der Waals surface area contributed by atoms with Gasteiger partial charge >= 0.3 is 35.5 Å². The first-order valence-corrected chi connectivity index (χ1v) is 12.3. The third-order valence-electron chi connectivity index (χ3n) is 6.62. The summed E-state index contributed by atoms with van der Waals surface area (Å²) in [5.41, 5.74) is 5.77. The van der Waals surface area contributed by atoms with Crippen molar-refractivity contribution in [2.75, 3.05) is 38.3 Å². The van der Waals surface area contributed by atoms with E-state index >= 15 is 0 Å². The summed E-state index contributed by atoms with van der Waals surface area (Å²) < 4.78 is 12.9. The molecule has 4 heterocycles. The topological polar surface area (TPSA) is 102 Å². The normalized spacial score (nSPS) is 13.6. The summed E-state index contributed by atoms with van der Waals surface area (Å²) in [7, 11) is 1.64. The Kier molecular flexibility index (Phi) is 7.94. The van der Waals surface area contributed by atoms with E-state index < -0.39 is 5.97 Å². The molecular formula is C29H26N5NaO4. The number of hydrogen-bond acceptors (Lipinski definition) is 7. The molecule has 10 heteroatoms. The van der Waals surface area contributed by atoms with E-state index in [9.17, 15) is 9.90 Å². The van der Waals surface area contributed by atoms with Crippen molar-refractivity contribution in [2.45, 2.75) is 0 Å². The SMILES string of the molecule is COc1cccc(-c2c(C=Cc3ccc4c(C(=O)O)cccc4n3)nc3c(N4CCOCC4)ccnn23)c1.[NaH]. The number of pyridine rings is 1. The standard InChI is InChI=1S/C29H25N5O4.Na.H/c1-37-21-5-2-4-19(18-21)27-25(32-28-26(12-13-30-34(27)28)33-14-16-38-17-15-33)11-9-20-8-10-22-23(29(35)36)6-3-7-24(22)31-20;;/h2-13,18H,14-17H2,1H3,(H,35,36);;. The van der Waals surface area contributed by atoms with Gasteiger partial charge in [-0.1, -0.05) is 18.2 Å². The Hall–Kier alpha value is -3.76. The van der Waals surface area contributed by atoms with Crippen molar-refractivity contribution in [1.29, 1.82) is 0 Å². The van der Waals surface area contributed by atoms with Crippen LogP contribution in [-0.4, -0.2) is 93.6 Å². The van der Waals surface area contributed by atoms with Crippen molar-refractivity contribution >= 4 is 69.9 Å². The van der Waals surface area contributed by atoms with Crippen LogP contribution in [-0.2, 0) is 4.74 Å². The van der Waals surface area contributed by atoms with Crippen LogP contribution in [0.25, 0.3) is 40.0 Å². The molecule has 192 valence electrons.